The first kappa shape index (κ1) is 15.0. The second-order valence-corrected chi connectivity index (χ2v) is 5.97. The Kier molecular flexibility index (Phi) is 3.99. The summed E-state index contributed by atoms with van der Waals surface area (Å²) in [5, 5.41) is 0. The molecule has 0 saturated carbocycles. The smallest absolute Gasteiger partial charge is 0.356 e. The average molecular weight is 312 g/mol. The van der Waals surface area contributed by atoms with Crippen LogP contribution in [0.1, 0.15) is 16.2 Å². The Morgan fingerprint density at radius 2 is 1.90 bits per heavy atom. The van der Waals surface area contributed by atoms with Gasteiger partial charge in [-0.15, -0.1) is 0 Å². The molecule has 0 aliphatic rings. The summed E-state index contributed by atoms with van der Waals surface area (Å²) in [6.45, 7) is 1.67. The van der Waals surface area contributed by atoms with E-state index in [1.54, 1.807) is 6.92 Å². The van der Waals surface area contributed by atoms with Crippen LogP contribution >= 0.6 is 0 Å². The van der Waals surface area contributed by atoms with Crippen LogP contribution in [0.5, 0.6) is 0 Å². The van der Waals surface area contributed by atoms with Crippen molar-refractivity contribution in [1.82, 2.24) is 4.98 Å². The fourth-order valence-corrected chi connectivity index (χ4v) is 2.81. The third kappa shape index (κ3) is 3.22. The molecule has 0 unspecified atom stereocenters. The van der Waals surface area contributed by atoms with Gasteiger partial charge in [0.2, 0.25) is 0 Å². The number of nitrogens with one attached hydrogen (secondary N) is 2. The molecule has 0 spiro atoms. The molecule has 2 N–H and O–H groups in total. The predicted octanol–water partition coefficient (Wildman–Crippen LogP) is 2.05. The van der Waals surface area contributed by atoms with Crippen molar-refractivity contribution in [2.45, 2.75) is 11.8 Å². The Morgan fingerprint density at radius 3 is 2.48 bits per heavy atom. The van der Waals surface area contributed by atoms with Gasteiger partial charge in [-0.2, -0.15) is 0 Å². The van der Waals surface area contributed by atoms with Gasteiger partial charge in [0.25, 0.3) is 10.0 Å². The summed E-state index contributed by atoms with van der Waals surface area (Å²) in [5.74, 6) is -1.23. The molecule has 1 heterocycles. The van der Waals surface area contributed by atoms with E-state index < -0.39 is 21.8 Å². The van der Waals surface area contributed by atoms with Crippen LogP contribution < -0.4 is 4.72 Å². The molecule has 21 heavy (non-hydrogen) atoms. The second-order valence-electron chi connectivity index (χ2n) is 4.29. The number of carbonyl (C=O) groups excluding carboxylic acids is 1. The summed E-state index contributed by atoms with van der Waals surface area (Å²) < 4.78 is 44.1. The third-order valence-electron chi connectivity index (χ3n) is 2.71. The molecule has 1 aromatic heterocycles. The first-order valence-corrected chi connectivity index (χ1v) is 7.38. The van der Waals surface area contributed by atoms with Crippen molar-refractivity contribution < 1.29 is 22.3 Å². The lowest BCUT2D eigenvalue weighted by Gasteiger charge is -2.08. The molecule has 112 valence electrons. The van der Waals surface area contributed by atoms with Gasteiger partial charge in [-0.1, -0.05) is 0 Å². The average Bonchev–Trinajstić information content (AvgIpc) is 2.78. The van der Waals surface area contributed by atoms with E-state index in [4.69, 9.17) is 0 Å². The van der Waals surface area contributed by atoms with Crippen molar-refractivity contribution in [1.29, 1.82) is 0 Å². The molecule has 0 radical (unpaired) electrons. The lowest BCUT2D eigenvalue weighted by molar-refractivity contribution is 0.0596. The Labute approximate surface area is 121 Å². The van der Waals surface area contributed by atoms with Crippen LogP contribution in [0.15, 0.2) is 35.2 Å². The van der Waals surface area contributed by atoms with Crippen LogP contribution in [0.25, 0.3) is 0 Å². The maximum Gasteiger partial charge on any atom is 0.356 e. The number of H-pyrrole nitrogens is 1. The van der Waals surface area contributed by atoms with Crippen molar-refractivity contribution in [3.8, 4) is 0 Å². The van der Waals surface area contributed by atoms with Crippen molar-refractivity contribution in [3.05, 3.63) is 47.5 Å². The van der Waals surface area contributed by atoms with Crippen LogP contribution in [-0.2, 0) is 14.8 Å². The van der Waals surface area contributed by atoms with E-state index in [0.29, 0.717) is 5.69 Å². The zero-order valence-corrected chi connectivity index (χ0v) is 12.1. The maximum atomic E-state index is 12.8. The quantitative estimate of drug-likeness (QED) is 0.846. The molecule has 0 saturated heterocycles. The lowest BCUT2D eigenvalue weighted by atomic mass is 10.3. The number of hydrogen-bond donors (Lipinski definition) is 2. The summed E-state index contributed by atoms with van der Waals surface area (Å²) in [6, 6.07) is 5.81. The first-order valence-electron chi connectivity index (χ1n) is 5.90. The number of aromatic amines is 1. The Balaban J connectivity index is 2.37. The molecule has 0 fully saturated rings. The van der Waals surface area contributed by atoms with Gasteiger partial charge in [0.05, 0.1) is 17.7 Å². The molecule has 6 nitrogen and oxygen atoms in total. The standard InChI is InChI=1S/C13H13FN2O4S/c1-8-7-11(12(15-8)13(17)20-2)16-21(18,19)10-5-3-9(14)4-6-10/h3-7,15-16H,1-2H3. The fraction of sp³-hybridized carbons (Fsp3) is 0.154. The van der Waals surface area contributed by atoms with E-state index in [9.17, 15) is 17.6 Å². The zero-order chi connectivity index (χ0) is 15.6. The van der Waals surface area contributed by atoms with Gasteiger partial charge in [-0.25, -0.2) is 17.6 Å². The number of benzene rings is 1. The lowest BCUT2D eigenvalue weighted by Crippen LogP contribution is -2.15. The number of halogens is 1. The van der Waals surface area contributed by atoms with Gasteiger partial charge in [-0.05, 0) is 37.3 Å². The van der Waals surface area contributed by atoms with E-state index in [1.165, 1.54) is 13.2 Å². The third-order valence-corrected chi connectivity index (χ3v) is 4.09. The fourth-order valence-electron chi connectivity index (χ4n) is 1.75. The molecule has 8 heteroatoms. The summed E-state index contributed by atoms with van der Waals surface area (Å²) >= 11 is 0. The minimum absolute atomic E-state index is 0.000636. The summed E-state index contributed by atoms with van der Waals surface area (Å²) in [4.78, 5) is 14.2. The summed E-state index contributed by atoms with van der Waals surface area (Å²) in [7, 11) is -2.73. The Hall–Kier alpha value is -2.35. The number of anilines is 1. The number of hydrogen-bond acceptors (Lipinski definition) is 4. The zero-order valence-electron chi connectivity index (χ0n) is 11.3. The maximum absolute atomic E-state index is 12.8. The molecular weight excluding hydrogens is 299 g/mol. The van der Waals surface area contributed by atoms with Crippen molar-refractivity contribution in [2.75, 3.05) is 11.8 Å². The number of aryl methyl sites for hydroxylation is 1. The van der Waals surface area contributed by atoms with Crippen LogP contribution in [0.2, 0.25) is 0 Å². The predicted molar refractivity (Wildman–Crippen MR) is 74.1 cm³/mol. The van der Waals surface area contributed by atoms with E-state index in [0.717, 1.165) is 24.3 Å². The highest BCUT2D eigenvalue weighted by Crippen LogP contribution is 2.22. The van der Waals surface area contributed by atoms with Gasteiger partial charge in [0, 0.05) is 5.69 Å². The number of aromatic nitrogens is 1. The van der Waals surface area contributed by atoms with Crippen molar-refractivity contribution in [3.63, 3.8) is 0 Å². The highest BCUT2D eigenvalue weighted by Gasteiger charge is 2.21. The van der Waals surface area contributed by atoms with Crippen molar-refractivity contribution in [2.24, 2.45) is 0 Å². The minimum atomic E-state index is -3.93. The topological polar surface area (TPSA) is 88.3 Å². The normalized spacial score (nSPS) is 11.2. The first-order chi connectivity index (χ1) is 9.83. The van der Waals surface area contributed by atoms with E-state index >= 15 is 0 Å². The van der Waals surface area contributed by atoms with Crippen LogP contribution in [0.4, 0.5) is 10.1 Å². The van der Waals surface area contributed by atoms with E-state index in [-0.39, 0.29) is 16.3 Å². The molecule has 0 aliphatic carbocycles. The Bertz CT molecular complexity index is 766. The molecule has 0 aliphatic heterocycles. The van der Waals surface area contributed by atoms with E-state index in [2.05, 4.69) is 14.4 Å². The second kappa shape index (κ2) is 5.57. The number of ether oxygens (including phenoxy) is 1. The number of methoxy groups -OCH3 is 1. The summed E-state index contributed by atoms with van der Waals surface area (Å²) in [5.41, 5.74) is 0.663. The molecule has 0 atom stereocenters. The molecule has 2 aromatic rings. The highest BCUT2D eigenvalue weighted by atomic mass is 32.2. The molecule has 2 rings (SSSR count). The van der Waals surface area contributed by atoms with Crippen LogP contribution in [-0.4, -0.2) is 26.5 Å². The Morgan fingerprint density at radius 1 is 1.29 bits per heavy atom. The SMILES string of the molecule is COC(=O)c1[nH]c(C)cc1NS(=O)(=O)c1ccc(F)cc1. The monoisotopic (exact) mass is 312 g/mol. The van der Waals surface area contributed by atoms with Gasteiger partial charge in [0.1, 0.15) is 11.5 Å². The minimum Gasteiger partial charge on any atom is -0.464 e. The molecule has 0 amide bonds. The van der Waals surface area contributed by atoms with Crippen molar-refractivity contribution >= 4 is 21.7 Å². The van der Waals surface area contributed by atoms with Gasteiger partial charge in [-0.3, -0.25) is 4.72 Å². The van der Waals surface area contributed by atoms with Gasteiger partial charge >= 0.3 is 5.97 Å². The van der Waals surface area contributed by atoms with Crippen LogP contribution in [0.3, 0.4) is 0 Å². The number of carbonyl (C=O) groups is 1. The summed E-state index contributed by atoms with van der Waals surface area (Å²) in [6.07, 6.45) is 0. The molecule has 1 aromatic carbocycles. The molecular formula is C13H13FN2O4S. The van der Waals surface area contributed by atoms with Gasteiger partial charge in [0.15, 0.2) is 0 Å². The van der Waals surface area contributed by atoms with Gasteiger partial charge < -0.3 is 9.72 Å². The number of rotatable bonds is 4. The molecule has 0 bridgehead atoms. The number of esters is 1. The van der Waals surface area contributed by atoms with E-state index in [1.807, 2.05) is 0 Å². The number of sulfonamides is 1. The van der Waals surface area contributed by atoms with Crippen LogP contribution in [0, 0.1) is 12.7 Å². The highest BCUT2D eigenvalue weighted by molar-refractivity contribution is 7.92. The largest absolute Gasteiger partial charge is 0.464 e.